The number of aliphatic hydroxyl groups is 1. The molecule has 0 aromatic heterocycles. The van der Waals surface area contributed by atoms with Crippen molar-refractivity contribution in [1.82, 2.24) is 0 Å². The van der Waals surface area contributed by atoms with Crippen LogP contribution in [0.15, 0.2) is 24.3 Å². The molecule has 1 saturated heterocycles. The van der Waals surface area contributed by atoms with Gasteiger partial charge in [0.05, 0.1) is 12.7 Å². The molecule has 2 N–H and O–H groups in total. The first-order valence-corrected chi connectivity index (χ1v) is 4.97. The molecule has 0 spiro atoms. The van der Waals surface area contributed by atoms with E-state index in [1.54, 1.807) is 18.2 Å². The van der Waals surface area contributed by atoms with Gasteiger partial charge in [-0.25, -0.2) is 0 Å². The average molecular weight is 210 g/mol. The number of phenolic OH excluding ortho intramolecular Hbond substituents is 1. The third kappa shape index (κ3) is 2.28. The lowest BCUT2D eigenvalue weighted by molar-refractivity contribution is -0.0639. The number of hydrogen-bond donors (Lipinski definition) is 2. The molecule has 0 saturated carbocycles. The van der Waals surface area contributed by atoms with Crippen LogP contribution >= 0.6 is 0 Å². The Labute approximate surface area is 88.1 Å². The van der Waals surface area contributed by atoms with E-state index in [9.17, 15) is 5.11 Å². The minimum atomic E-state index is -0.511. The summed E-state index contributed by atoms with van der Waals surface area (Å²) in [7, 11) is 0. The second-order valence-corrected chi connectivity index (χ2v) is 3.49. The maximum Gasteiger partial charge on any atom is 0.187 e. The summed E-state index contributed by atoms with van der Waals surface area (Å²) in [6.07, 6.45) is -0.0354. The third-order valence-corrected chi connectivity index (χ3v) is 2.39. The van der Waals surface area contributed by atoms with Crippen molar-refractivity contribution in [1.29, 1.82) is 0 Å². The average Bonchev–Trinajstić information content (AvgIpc) is 2.68. The van der Waals surface area contributed by atoms with E-state index in [1.807, 2.05) is 6.07 Å². The summed E-state index contributed by atoms with van der Waals surface area (Å²) in [5.74, 6) is 0.173. The molecule has 1 aliphatic heterocycles. The highest BCUT2D eigenvalue weighted by Gasteiger charge is 2.28. The highest BCUT2D eigenvalue weighted by Crippen LogP contribution is 2.32. The molecular formula is C11H14O4. The van der Waals surface area contributed by atoms with E-state index in [0.29, 0.717) is 18.6 Å². The van der Waals surface area contributed by atoms with Crippen molar-refractivity contribution in [2.45, 2.75) is 18.8 Å². The number of ether oxygens (including phenoxy) is 2. The summed E-state index contributed by atoms with van der Waals surface area (Å²) >= 11 is 0. The molecule has 82 valence electrons. The van der Waals surface area contributed by atoms with Crippen LogP contribution in [0.3, 0.4) is 0 Å². The Morgan fingerprint density at radius 1 is 1.33 bits per heavy atom. The van der Waals surface area contributed by atoms with Crippen molar-refractivity contribution in [3.63, 3.8) is 0 Å². The number of aromatic hydroxyl groups is 1. The first-order chi connectivity index (χ1) is 7.31. The number of para-hydroxylation sites is 1. The second-order valence-electron chi connectivity index (χ2n) is 3.49. The molecule has 0 amide bonds. The summed E-state index contributed by atoms with van der Waals surface area (Å²) < 4.78 is 10.9. The molecule has 1 aliphatic rings. The maximum atomic E-state index is 9.58. The normalized spacial score (nSPS) is 25.7. The number of hydrogen-bond acceptors (Lipinski definition) is 4. The first-order valence-electron chi connectivity index (χ1n) is 4.97. The zero-order chi connectivity index (χ0) is 10.7. The lowest BCUT2D eigenvalue weighted by Crippen LogP contribution is -2.11. The van der Waals surface area contributed by atoms with Gasteiger partial charge in [0, 0.05) is 12.2 Å². The van der Waals surface area contributed by atoms with Crippen LogP contribution in [0.25, 0.3) is 0 Å². The number of benzene rings is 1. The lowest BCUT2D eigenvalue weighted by atomic mass is 10.2. The molecule has 4 nitrogen and oxygen atoms in total. The quantitative estimate of drug-likeness (QED) is 0.786. The number of aliphatic hydroxyl groups excluding tert-OH is 1. The summed E-state index contributed by atoms with van der Waals surface area (Å²) in [6, 6.07) is 6.93. The van der Waals surface area contributed by atoms with E-state index in [-0.39, 0.29) is 18.5 Å². The first kappa shape index (κ1) is 10.4. The van der Waals surface area contributed by atoms with E-state index in [0.717, 1.165) is 0 Å². The topological polar surface area (TPSA) is 58.9 Å². The van der Waals surface area contributed by atoms with Gasteiger partial charge in [-0.05, 0) is 12.5 Å². The fraction of sp³-hybridized carbons (Fsp3) is 0.455. The highest BCUT2D eigenvalue weighted by atomic mass is 16.7. The van der Waals surface area contributed by atoms with Crippen LogP contribution in [0, 0.1) is 0 Å². The van der Waals surface area contributed by atoms with Crippen molar-refractivity contribution >= 4 is 0 Å². The Kier molecular flexibility index (Phi) is 3.20. The fourth-order valence-electron chi connectivity index (χ4n) is 1.59. The molecule has 2 atom stereocenters. The van der Waals surface area contributed by atoms with Gasteiger partial charge >= 0.3 is 0 Å². The molecule has 2 unspecified atom stereocenters. The van der Waals surface area contributed by atoms with Crippen LogP contribution in [-0.2, 0) is 9.47 Å². The van der Waals surface area contributed by atoms with Gasteiger partial charge in [0.1, 0.15) is 5.75 Å². The van der Waals surface area contributed by atoms with E-state index in [1.165, 1.54) is 0 Å². The Bertz CT molecular complexity index is 326. The van der Waals surface area contributed by atoms with Gasteiger partial charge in [0.15, 0.2) is 6.29 Å². The fourth-order valence-corrected chi connectivity index (χ4v) is 1.59. The van der Waals surface area contributed by atoms with Crippen molar-refractivity contribution in [3.8, 4) is 5.75 Å². The Balaban J connectivity index is 2.04. The van der Waals surface area contributed by atoms with Crippen molar-refractivity contribution < 1.29 is 19.7 Å². The van der Waals surface area contributed by atoms with Gasteiger partial charge in [-0.1, -0.05) is 18.2 Å². The van der Waals surface area contributed by atoms with E-state index in [2.05, 4.69) is 0 Å². The molecule has 1 aromatic carbocycles. The van der Waals surface area contributed by atoms with Gasteiger partial charge in [0.2, 0.25) is 0 Å². The SMILES string of the molecule is OCCC1COC(c2ccccc2O)O1. The molecule has 1 aromatic rings. The van der Waals surface area contributed by atoms with Gasteiger partial charge in [0.25, 0.3) is 0 Å². The molecule has 2 rings (SSSR count). The third-order valence-electron chi connectivity index (χ3n) is 2.39. The van der Waals surface area contributed by atoms with Crippen LogP contribution in [0.2, 0.25) is 0 Å². The molecule has 0 aliphatic carbocycles. The molecule has 0 radical (unpaired) electrons. The molecule has 1 heterocycles. The van der Waals surface area contributed by atoms with Gasteiger partial charge < -0.3 is 19.7 Å². The van der Waals surface area contributed by atoms with E-state index in [4.69, 9.17) is 14.6 Å². The van der Waals surface area contributed by atoms with E-state index >= 15 is 0 Å². The van der Waals surface area contributed by atoms with Crippen molar-refractivity contribution in [2.75, 3.05) is 13.2 Å². The lowest BCUT2D eigenvalue weighted by Gasteiger charge is -2.12. The predicted molar refractivity (Wildman–Crippen MR) is 53.4 cm³/mol. The molecule has 4 heteroatoms. The highest BCUT2D eigenvalue weighted by molar-refractivity contribution is 5.32. The number of rotatable bonds is 3. The second kappa shape index (κ2) is 4.61. The summed E-state index contributed by atoms with van der Waals surface area (Å²) in [4.78, 5) is 0. The summed E-state index contributed by atoms with van der Waals surface area (Å²) in [6.45, 7) is 0.543. The van der Waals surface area contributed by atoms with Gasteiger partial charge in [-0.15, -0.1) is 0 Å². The van der Waals surface area contributed by atoms with Crippen LogP contribution in [0.1, 0.15) is 18.3 Å². The molecule has 15 heavy (non-hydrogen) atoms. The van der Waals surface area contributed by atoms with Gasteiger partial charge in [-0.3, -0.25) is 0 Å². The standard InChI is InChI=1S/C11H14O4/c12-6-5-8-7-14-11(15-8)9-3-1-2-4-10(9)13/h1-4,8,11-13H,5-7H2. The Hall–Kier alpha value is -1.10. The largest absolute Gasteiger partial charge is 0.507 e. The zero-order valence-corrected chi connectivity index (χ0v) is 8.30. The van der Waals surface area contributed by atoms with E-state index < -0.39 is 6.29 Å². The molecule has 1 fully saturated rings. The Morgan fingerprint density at radius 3 is 2.87 bits per heavy atom. The molecule has 0 bridgehead atoms. The molecular weight excluding hydrogens is 196 g/mol. The maximum absolute atomic E-state index is 9.58. The number of phenols is 1. The van der Waals surface area contributed by atoms with Gasteiger partial charge in [-0.2, -0.15) is 0 Å². The zero-order valence-electron chi connectivity index (χ0n) is 8.30. The van der Waals surface area contributed by atoms with Crippen LogP contribution in [0.4, 0.5) is 0 Å². The predicted octanol–water partition coefficient (Wildman–Crippen LogP) is 1.19. The van der Waals surface area contributed by atoms with Crippen molar-refractivity contribution in [2.24, 2.45) is 0 Å². The smallest absolute Gasteiger partial charge is 0.187 e. The summed E-state index contributed by atoms with van der Waals surface area (Å²) in [5.41, 5.74) is 0.637. The van der Waals surface area contributed by atoms with Crippen LogP contribution in [0.5, 0.6) is 5.75 Å². The van der Waals surface area contributed by atoms with Crippen molar-refractivity contribution in [3.05, 3.63) is 29.8 Å². The van der Waals surface area contributed by atoms with Crippen LogP contribution < -0.4 is 0 Å². The minimum absolute atomic E-state index is 0.0837. The minimum Gasteiger partial charge on any atom is -0.507 e. The Morgan fingerprint density at radius 2 is 2.13 bits per heavy atom. The monoisotopic (exact) mass is 210 g/mol. The summed E-state index contributed by atoms with van der Waals surface area (Å²) in [5, 5.41) is 18.3. The van der Waals surface area contributed by atoms with Crippen LogP contribution in [-0.4, -0.2) is 29.5 Å².